The Hall–Kier alpha value is -3.97. The number of amides is 1. The second-order valence-electron chi connectivity index (χ2n) is 9.06. The molecule has 3 heterocycles. The molecular formula is C28H26N4O3. The molecule has 1 aromatic heterocycles. The van der Waals surface area contributed by atoms with E-state index >= 15 is 0 Å². The molecule has 0 saturated carbocycles. The number of aromatic nitrogens is 2. The molecule has 1 saturated heterocycles. The van der Waals surface area contributed by atoms with Crippen molar-refractivity contribution in [1.82, 2.24) is 19.6 Å². The molecule has 2 aliphatic rings. The number of carbonyl (C=O) groups excluding carboxylic acids is 1. The molecule has 1 amide bonds. The Morgan fingerprint density at radius 2 is 1.63 bits per heavy atom. The van der Waals surface area contributed by atoms with E-state index in [9.17, 15) is 9.59 Å². The van der Waals surface area contributed by atoms with Gasteiger partial charge in [0.2, 0.25) is 0 Å². The summed E-state index contributed by atoms with van der Waals surface area (Å²) in [5.41, 5.74) is 3.28. The lowest BCUT2D eigenvalue weighted by Crippen LogP contribution is -2.48. The molecule has 7 nitrogen and oxygen atoms in total. The molecule has 0 radical (unpaired) electrons. The van der Waals surface area contributed by atoms with Crippen LogP contribution in [0.15, 0.2) is 77.6 Å². The zero-order valence-electron chi connectivity index (χ0n) is 19.4. The maximum absolute atomic E-state index is 13.6. The SMILES string of the molecule is O=C(c1nn(-c2ccccc2)c(=O)c2ccccc12)N1CCN(Cc2ccc3c(c2)CCO3)CC1. The molecule has 0 unspecified atom stereocenters. The fraction of sp³-hybridized carbons (Fsp3) is 0.250. The third-order valence-electron chi connectivity index (χ3n) is 6.83. The van der Waals surface area contributed by atoms with E-state index in [2.05, 4.69) is 28.2 Å². The van der Waals surface area contributed by atoms with E-state index in [1.54, 1.807) is 12.1 Å². The number of hydrogen-bond donors (Lipinski definition) is 0. The summed E-state index contributed by atoms with van der Waals surface area (Å²) >= 11 is 0. The van der Waals surface area contributed by atoms with Gasteiger partial charge >= 0.3 is 0 Å². The fourth-order valence-electron chi connectivity index (χ4n) is 4.95. The van der Waals surface area contributed by atoms with Crippen LogP contribution in [0.1, 0.15) is 21.6 Å². The summed E-state index contributed by atoms with van der Waals surface area (Å²) in [4.78, 5) is 31.0. The van der Waals surface area contributed by atoms with Crippen LogP contribution in [0.3, 0.4) is 0 Å². The second-order valence-corrected chi connectivity index (χ2v) is 9.06. The molecule has 1 fully saturated rings. The smallest absolute Gasteiger partial charge is 0.279 e. The number of nitrogens with zero attached hydrogens (tertiary/aromatic N) is 4. The predicted octanol–water partition coefficient (Wildman–Crippen LogP) is 3.28. The minimum atomic E-state index is -0.229. The van der Waals surface area contributed by atoms with E-state index in [0.717, 1.165) is 38.4 Å². The highest BCUT2D eigenvalue weighted by Crippen LogP contribution is 2.26. The van der Waals surface area contributed by atoms with Crippen LogP contribution in [0.4, 0.5) is 0 Å². The molecule has 176 valence electrons. The van der Waals surface area contributed by atoms with E-state index in [4.69, 9.17) is 4.74 Å². The van der Waals surface area contributed by atoms with Crippen molar-refractivity contribution in [3.8, 4) is 11.4 Å². The molecular weight excluding hydrogens is 440 g/mol. The minimum absolute atomic E-state index is 0.139. The van der Waals surface area contributed by atoms with Gasteiger partial charge in [0, 0.05) is 44.5 Å². The van der Waals surface area contributed by atoms with Crippen LogP contribution in [0.2, 0.25) is 0 Å². The van der Waals surface area contributed by atoms with Gasteiger partial charge in [-0.1, -0.05) is 48.5 Å². The van der Waals surface area contributed by atoms with Gasteiger partial charge in [0.1, 0.15) is 5.75 Å². The number of hydrogen-bond acceptors (Lipinski definition) is 5. The minimum Gasteiger partial charge on any atom is -0.493 e. The van der Waals surface area contributed by atoms with Gasteiger partial charge in [-0.15, -0.1) is 0 Å². The van der Waals surface area contributed by atoms with Crippen LogP contribution in [0.5, 0.6) is 5.75 Å². The van der Waals surface area contributed by atoms with Gasteiger partial charge in [-0.25, -0.2) is 0 Å². The summed E-state index contributed by atoms with van der Waals surface area (Å²) < 4.78 is 6.95. The highest BCUT2D eigenvalue weighted by molar-refractivity contribution is 6.04. The maximum Gasteiger partial charge on any atom is 0.279 e. The summed E-state index contributed by atoms with van der Waals surface area (Å²) in [5.74, 6) is 0.862. The van der Waals surface area contributed by atoms with Gasteiger partial charge in [-0.2, -0.15) is 9.78 Å². The van der Waals surface area contributed by atoms with Gasteiger partial charge in [-0.3, -0.25) is 14.5 Å². The first-order chi connectivity index (χ1) is 17.2. The number of ether oxygens (including phenoxy) is 1. The number of piperazine rings is 1. The van der Waals surface area contributed by atoms with E-state index in [1.165, 1.54) is 15.8 Å². The molecule has 0 spiro atoms. The van der Waals surface area contributed by atoms with Gasteiger partial charge < -0.3 is 9.64 Å². The molecule has 4 aromatic rings. The van der Waals surface area contributed by atoms with Crippen molar-refractivity contribution in [3.05, 3.63) is 100.0 Å². The average molecular weight is 467 g/mol. The highest BCUT2D eigenvalue weighted by Gasteiger charge is 2.26. The standard InChI is InChI=1S/C28H26N4O3/c33-27-24-9-5-4-8-23(24)26(29-32(27)22-6-2-1-3-7-22)28(34)31-15-13-30(14-16-31)19-20-10-11-25-21(18-20)12-17-35-25/h1-11,18H,12-17,19H2. The Bertz CT molecular complexity index is 1460. The van der Waals surface area contributed by atoms with Crippen LogP contribution in [0.25, 0.3) is 16.5 Å². The number of rotatable bonds is 4. The molecule has 0 aliphatic carbocycles. The van der Waals surface area contributed by atoms with Crippen LogP contribution in [-0.4, -0.2) is 58.3 Å². The van der Waals surface area contributed by atoms with Crippen molar-refractivity contribution < 1.29 is 9.53 Å². The van der Waals surface area contributed by atoms with Crippen molar-refractivity contribution in [2.75, 3.05) is 32.8 Å². The molecule has 0 bridgehead atoms. The fourth-order valence-corrected chi connectivity index (χ4v) is 4.95. The Balaban J connectivity index is 1.23. The Morgan fingerprint density at radius 3 is 2.43 bits per heavy atom. The number of fused-ring (bicyclic) bond motifs is 2. The summed E-state index contributed by atoms with van der Waals surface area (Å²) in [7, 11) is 0. The molecule has 0 atom stereocenters. The Morgan fingerprint density at radius 1 is 0.886 bits per heavy atom. The average Bonchev–Trinajstić information content (AvgIpc) is 3.38. The second kappa shape index (κ2) is 9.00. The molecule has 6 rings (SSSR count). The van der Waals surface area contributed by atoms with Gasteiger partial charge in [0.05, 0.1) is 17.7 Å². The van der Waals surface area contributed by atoms with E-state index in [1.807, 2.05) is 47.4 Å². The lowest BCUT2D eigenvalue weighted by molar-refractivity contribution is 0.0623. The number of benzene rings is 3. The highest BCUT2D eigenvalue weighted by atomic mass is 16.5. The van der Waals surface area contributed by atoms with Crippen molar-refractivity contribution >= 4 is 16.7 Å². The summed E-state index contributed by atoms with van der Waals surface area (Å²) in [5, 5.41) is 5.64. The molecule has 0 N–H and O–H groups in total. The molecule has 7 heteroatoms. The van der Waals surface area contributed by atoms with Gasteiger partial charge in [0.25, 0.3) is 11.5 Å². The predicted molar refractivity (Wildman–Crippen MR) is 134 cm³/mol. The van der Waals surface area contributed by atoms with Crippen LogP contribution >= 0.6 is 0 Å². The zero-order chi connectivity index (χ0) is 23.8. The topological polar surface area (TPSA) is 67.7 Å². The lowest BCUT2D eigenvalue weighted by Gasteiger charge is -2.34. The third-order valence-corrected chi connectivity index (χ3v) is 6.83. The summed E-state index contributed by atoms with van der Waals surface area (Å²) in [6, 6.07) is 22.9. The Labute approximate surface area is 203 Å². The normalized spacial score (nSPS) is 15.7. The maximum atomic E-state index is 13.6. The monoisotopic (exact) mass is 466 g/mol. The lowest BCUT2D eigenvalue weighted by atomic mass is 10.1. The van der Waals surface area contributed by atoms with Crippen LogP contribution in [0, 0.1) is 0 Å². The largest absolute Gasteiger partial charge is 0.493 e. The van der Waals surface area contributed by atoms with E-state index in [-0.39, 0.29) is 11.5 Å². The van der Waals surface area contributed by atoms with Crippen molar-refractivity contribution in [2.45, 2.75) is 13.0 Å². The summed E-state index contributed by atoms with van der Waals surface area (Å²) in [6.45, 7) is 4.43. The number of para-hydroxylation sites is 1. The van der Waals surface area contributed by atoms with Gasteiger partial charge in [-0.05, 0) is 35.4 Å². The first kappa shape index (κ1) is 21.6. The number of carbonyl (C=O) groups is 1. The summed E-state index contributed by atoms with van der Waals surface area (Å²) in [6.07, 6.45) is 0.970. The van der Waals surface area contributed by atoms with Crippen LogP contribution < -0.4 is 10.3 Å². The van der Waals surface area contributed by atoms with E-state index in [0.29, 0.717) is 35.2 Å². The first-order valence-electron chi connectivity index (χ1n) is 12.0. The van der Waals surface area contributed by atoms with Crippen molar-refractivity contribution in [2.24, 2.45) is 0 Å². The zero-order valence-corrected chi connectivity index (χ0v) is 19.4. The van der Waals surface area contributed by atoms with Crippen molar-refractivity contribution in [1.29, 1.82) is 0 Å². The third kappa shape index (κ3) is 4.08. The molecule has 2 aliphatic heterocycles. The first-order valence-corrected chi connectivity index (χ1v) is 12.0. The molecule has 3 aromatic carbocycles. The van der Waals surface area contributed by atoms with Gasteiger partial charge in [0.15, 0.2) is 5.69 Å². The van der Waals surface area contributed by atoms with Crippen molar-refractivity contribution in [3.63, 3.8) is 0 Å². The van der Waals surface area contributed by atoms with E-state index < -0.39 is 0 Å². The molecule has 35 heavy (non-hydrogen) atoms. The van der Waals surface area contributed by atoms with Crippen LogP contribution in [-0.2, 0) is 13.0 Å². The quantitative estimate of drug-likeness (QED) is 0.462. The Kier molecular flexibility index (Phi) is 5.54.